The average Bonchev–Trinajstić information content (AvgIpc) is 3.04. The van der Waals surface area contributed by atoms with E-state index in [0.29, 0.717) is 17.2 Å². The lowest BCUT2D eigenvalue weighted by Gasteiger charge is -2.11. The van der Waals surface area contributed by atoms with Crippen molar-refractivity contribution < 1.29 is 27.4 Å². The monoisotopic (exact) mass is 340 g/mol. The molecule has 0 saturated carbocycles. The Hall–Kier alpha value is -2.68. The minimum absolute atomic E-state index is 0.0418. The zero-order valence-corrected chi connectivity index (χ0v) is 13.6. The molecular formula is C14H16N2O6S. The van der Waals surface area contributed by atoms with Crippen LogP contribution in [0, 0.1) is 0 Å². The first kappa shape index (κ1) is 16.7. The summed E-state index contributed by atoms with van der Waals surface area (Å²) in [5, 5.41) is 0. The first-order valence-corrected chi connectivity index (χ1v) is 7.91. The van der Waals surface area contributed by atoms with E-state index in [0.717, 1.165) is 0 Å². The quantitative estimate of drug-likeness (QED) is 0.774. The van der Waals surface area contributed by atoms with Crippen molar-refractivity contribution >= 4 is 21.7 Å². The molecule has 1 aromatic heterocycles. The van der Waals surface area contributed by atoms with Crippen molar-refractivity contribution in [3.8, 4) is 11.5 Å². The van der Waals surface area contributed by atoms with Crippen LogP contribution in [0.15, 0.2) is 35.4 Å². The van der Waals surface area contributed by atoms with Crippen LogP contribution in [0.1, 0.15) is 10.5 Å². The van der Waals surface area contributed by atoms with Crippen LogP contribution in [0.5, 0.6) is 11.5 Å². The molecule has 0 radical (unpaired) electrons. The Kier molecular flexibility index (Phi) is 4.80. The Morgan fingerprint density at radius 2 is 1.78 bits per heavy atom. The summed E-state index contributed by atoms with van der Waals surface area (Å²) in [6.45, 7) is 0. The van der Waals surface area contributed by atoms with Crippen LogP contribution in [0.25, 0.3) is 0 Å². The van der Waals surface area contributed by atoms with Gasteiger partial charge in [0, 0.05) is 12.3 Å². The topological polar surface area (TPSA) is 107 Å². The lowest BCUT2D eigenvalue weighted by atomic mass is 10.3. The normalized spacial score (nSPS) is 10.9. The van der Waals surface area contributed by atoms with Gasteiger partial charge in [0.15, 0.2) is 11.5 Å². The minimum Gasteiger partial charge on any atom is -0.493 e. The van der Waals surface area contributed by atoms with Crippen LogP contribution in [0.4, 0.5) is 5.69 Å². The second-order valence-electron chi connectivity index (χ2n) is 4.42. The van der Waals surface area contributed by atoms with Gasteiger partial charge in [-0.3, -0.25) is 4.72 Å². The molecular weight excluding hydrogens is 324 g/mol. The maximum absolute atomic E-state index is 12.3. The van der Waals surface area contributed by atoms with Gasteiger partial charge in [-0.1, -0.05) is 0 Å². The molecule has 0 aliphatic rings. The van der Waals surface area contributed by atoms with Crippen molar-refractivity contribution in [3.63, 3.8) is 0 Å². The van der Waals surface area contributed by atoms with Gasteiger partial charge >= 0.3 is 5.97 Å². The molecule has 0 atom stereocenters. The predicted molar refractivity (Wildman–Crippen MR) is 82.5 cm³/mol. The van der Waals surface area contributed by atoms with Crippen molar-refractivity contribution in [2.24, 2.45) is 0 Å². The third kappa shape index (κ3) is 3.57. The van der Waals surface area contributed by atoms with E-state index in [1.807, 2.05) is 0 Å². The van der Waals surface area contributed by atoms with E-state index >= 15 is 0 Å². The number of hydrogen-bond acceptors (Lipinski definition) is 6. The number of esters is 1. The predicted octanol–water partition coefficient (Wildman–Crippen LogP) is 1.62. The molecule has 1 aromatic carbocycles. The molecule has 2 aromatic rings. The summed E-state index contributed by atoms with van der Waals surface area (Å²) in [7, 11) is 0.275. The number of benzene rings is 1. The Bertz CT molecular complexity index is 812. The van der Waals surface area contributed by atoms with Gasteiger partial charge in [-0.05, 0) is 18.2 Å². The number of carbonyl (C=O) groups is 1. The fourth-order valence-corrected chi connectivity index (χ4v) is 2.91. The molecule has 8 nitrogen and oxygen atoms in total. The smallest absolute Gasteiger partial charge is 0.354 e. The molecule has 0 spiro atoms. The van der Waals surface area contributed by atoms with Gasteiger partial charge in [-0.25, -0.2) is 13.2 Å². The largest absolute Gasteiger partial charge is 0.493 e. The van der Waals surface area contributed by atoms with Crippen molar-refractivity contribution in [2.45, 2.75) is 4.90 Å². The molecule has 2 rings (SSSR count). The molecule has 2 N–H and O–H groups in total. The SMILES string of the molecule is COC(=O)c1cc(S(=O)(=O)Nc2ccc(OC)c(OC)c2)c[nH]1. The number of sulfonamides is 1. The van der Waals surface area contributed by atoms with Crippen molar-refractivity contribution in [1.82, 2.24) is 4.98 Å². The average molecular weight is 340 g/mol. The van der Waals surface area contributed by atoms with Crippen LogP contribution < -0.4 is 14.2 Å². The number of aromatic nitrogens is 1. The second kappa shape index (κ2) is 6.61. The van der Waals surface area contributed by atoms with Crippen LogP contribution in [-0.2, 0) is 14.8 Å². The van der Waals surface area contributed by atoms with Gasteiger partial charge in [-0.2, -0.15) is 0 Å². The van der Waals surface area contributed by atoms with E-state index in [1.165, 1.54) is 45.7 Å². The number of carbonyl (C=O) groups excluding carboxylic acids is 1. The van der Waals surface area contributed by atoms with Crippen molar-refractivity contribution in [2.75, 3.05) is 26.1 Å². The second-order valence-corrected chi connectivity index (χ2v) is 6.10. The van der Waals surface area contributed by atoms with Gasteiger partial charge < -0.3 is 19.2 Å². The molecule has 0 aliphatic heterocycles. The Morgan fingerprint density at radius 3 is 2.39 bits per heavy atom. The zero-order chi connectivity index (χ0) is 17.0. The van der Waals surface area contributed by atoms with Crippen LogP contribution in [0.2, 0.25) is 0 Å². The van der Waals surface area contributed by atoms with E-state index in [9.17, 15) is 13.2 Å². The molecule has 9 heteroatoms. The third-order valence-electron chi connectivity index (χ3n) is 3.01. The van der Waals surface area contributed by atoms with Gasteiger partial charge in [-0.15, -0.1) is 0 Å². The number of hydrogen-bond donors (Lipinski definition) is 2. The molecule has 1 heterocycles. The highest BCUT2D eigenvalue weighted by atomic mass is 32.2. The summed E-state index contributed by atoms with van der Waals surface area (Å²) >= 11 is 0. The maximum Gasteiger partial charge on any atom is 0.354 e. The number of anilines is 1. The molecule has 23 heavy (non-hydrogen) atoms. The summed E-state index contributed by atoms with van der Waals surface area (Å²) in [6.07, 6.45) is 1.20. The standard InChI is InChI=1S/C14H16N2O6S/c1-20-12-5-4-9(6-13(12)21-2)16-23(18,19)10-7-11(15-8-10)14(17)22-3/h4-8,15-16H,1-3H3. The van der Waals surface area contributed by atoms with Gasteiger partial charge in [0.05, 0.1) is 27.0 Å². The first-order chi connectivity index (χ1) is 10.9. The number of methoxy groups -OCH3 is 3. The van der Waals surface area contributed by atoms with Crippen molar-refractivity contribution in [1.29, 1.82) is 0 Å². The number of rotatable bonds is 6. The van der Waals surface area contributed by atoms with Crippen LogP contribution in [0.3, 0.4) is 0 Å². The Labute approximate surface area is 133 Å². The van der Waals surface area contributed by atoms with E-state index in [1.54, 1.807) is 6.07 Å². The zero-order valence-electron chi connectivity index (χ0n) is 12.7. The fraction of sp³-hybridized carbons (Fsp3) is 0.214. The van der Waals surface area contributed by atoms with Crippen LogP contribution >= 0.6 is 0 Å². The Morgan fingerprint density at radius 1 is 1.09 bits per heavy atom. The minimum atomic E-state index is -3.86. The maximum atomic E-state index is 12.3. The highest BCUT2D eigenvalue weighted by molar-refractivity contribution is 7.92. The van der Waals surface area contributed by atoms with Gasteiger partial charge in [0.2, 0.25) is 0 Å². The summed E-state index contributed by atoms with van der Waals surface area (Å²) in [5.74, 6) is 0.208. The number of H-pyrrole nitrogens is 1. The molecule has 0 fully saturated rings. The molecule has 124 valence electrons. The molecule has 0 aliphatic carbocycles. The van der Waals surface area contributed by atoms with Gasteiger partial charge in [0.25, 0.3) is 10.0 Å². The molecule has 0 amide bonds. The van der Waals surface area contributed by atoms with E-state index in [2.05, 4.69) is 14.4 Å². The lowest BCUT2D eigenvalue weighted by molar-refractivity contribution is 0.0594. The number of ether oxygens (including phenoxy) is 3. The third-order valence-corrected chi connectivity index (χ3v) is 4.37. The summed E-state index contributed by atoms with van der Waals surface area (Å²) in [5.41, 5.74) is 0.337. The molecule has 0 bridgehead atoms. The highest BCUT2D eigenvalue weighted by Crippen LogP contribution is 2.30. The molecule has 0 unspecified atom stereocenters. The van der Waals surface area contributed by atoms with E-state index in [4.69, 9.17) is 9.47 Å². The number of aromatic amines is 1. The van der Waals surface area contributed by atoms with E-state index in [-0.39, 0.29) is 10.6 Å². The summed E-state index contributed by atoms with van der Waals surface area (Å²) < 4.78 is 41.8. The van der Waals surface area contributed by atoms with Crippen LogP contribution in [-0.4, -0.2) is 40.7 Å². The van der Waals surface area contributed by atoms with Gasteiger partial charge in [0.1, 0.15) is 10.6 Å². The summed E-state index contributed by atoms with van der Waals surface area (Å²) in [4.78, 5) is 13.8. The first-order valence-electron chi connectivity index (χ1n) is 6.43. The summed E-state index contributed by atoms with van der Waals surface area (Å²) in [6, 6.07) is 5.79. The Balaban J connectivity index is 2.27. The fourth-order valence-electron chi connectivity index (χ4n) is 1.87. The molecule has 0 saturated heterocycles. The van der Waals surface area contributed by atoms with E-state index < -0.39 is 16.0 Å². The highest BCUT2D eigenvalue weighted by Gasteiger charge is 2.19. The van der Waals surface area contributed by atoms with Crippen molar-refractivity contribution in [3.05, 3.63) is 36.2 Å². The lowest BCUT2D eigenvalue weighted by Crippen LogP contribution is -2.12. The number of nitrogens with one attached hydrogen (secondary N) is 2.